The second-order valence-corrected chi connectivity index (χ2v) is 8.32. The number of benzene rings is 2. The molecule has 7 heteroatoms. The van der Waals surface area contributed by atoms with E-state index in [2.05, 4.69) is 15.1 Å². The molecule has 1 unspecified atom stereocenters. The molecule has 1 aliphatic rings. The van der Waals surface area contributed by atoms with Gasteiger partial charge in [-0.3, -0.25) is 9.69 Å². The predicted octanol–water partition coefficient (Wildman–Crippen LogP) is 2.70. The Kier molecular flexibility index (Phi) is 8.90. The maximum Gasteiger partial charge on any atom is 0.225 e. The number of aryl methyl sites for hydroxylation is 2. The van der Waals surface area contributed by atoms with Gasteiger partial charge >= 0.3 is 0 Å². The lowest BCUT2D eigenvalue weighted by Gasteiger charge is -2.35. The third-order valence-corrected chi connectivity index (χ3v) is 5.83. The van der Waals surface area contributed by atoms with Gasteiger partial charge in [-0.05, 0) is 37.1 Å². The van der Waals surface area contributed by atoms with E-state index in [1.54, 1.807) is 7.11 Å². The molecule has 174 valence electrons. The number of carbonyl (C=O) groups is 1. The van der Waals surface area contributed by atoms with Crippen LogP contribution in [0.3, 0.4) is 0 Å². The molecule has 0 saturated carbocycles. The molecule has 1 fully saturated rings. The molecule has 7 nitrogen and oxygen atoms in total. The molecule has 32 heavy (non-hydrogen) atoms. The molecule has 0 radical (unpaired) electrons. The van der Waals surface area contributed by atoms with Gasteiger partial charge < -0.3 is 24.8 Å². The van der Waals surface area contributed by atoms with Crippen LogP contribution >= 0.6 is 0 Å². The summed E-state index contributed by atoms with van der Waals surface area (Å²) in [6.07, 6.45) is -0.0991. The smallest absolute Gasteiger partial charge is 0.225 e. The number of nitrogens with zero attached hydrogens (tertiary/aromatic N) is 2. The van der Waals surface area contributed by atoms with E-state index in [-0.39, 0.29) is 12.5 Å². The van der Waals surface area contributed by atoms with Crippen molar-refractivity contribution in [3.63, 3.8) is 0 Å². The van der Waals surface area contributed by atoms with Crippen LogP contribution in [0.15, 0.2) is 42.5 Å². The molecular weight excluding hydrogens is 406 g/mol. The molecule has 1 atom stereocenters. The Bertz CT molecular complexity index is 861. The van der Waals surface area contributed by atoms with Gasteiger partial charge in [-0.15, -0.1) is 0 Å². The molecule has 2 aromatic rings. The molecule has 3 rings (SSSR count). The van der Waals surface area contributed by atoms with Crippen molar-refractivity contribution < 1.29 is 19.4 Å². The molecule has 0 bridgehead atoms. The minimum absolute atomic E-state index is 0.0498. The summed E-state index contributed by atoms with van der Waals surface area (Å²) in [5.74, 6) is 1.35. The zero-order valence-electron chi connectivity index (χ0n) is 19.3. The van der Waals surface area contributed by atoms with Crippen LogP contribution in [-0.2, 0) is 4.79 Å². The van der Waals surface area contributed by atoms with E-state index in [9.17, 15) is 9.90 Å². The standard InChI is InChI=1S/C25H35N3O4/c1-19-7-6-8-20(2)25(19)26-24(30)11-12-27-13-15-28(16-14-27)17-21(29)18-32-23-10-5-4-9-22(23)31-3/h4-10,21,29H,11-18H2,1-3H3,(H,26,30). The lowest BCUT2D eigenvalue weighted by molar-refractivity contribution is -0.116. The maximum atomic E-state index is 12.4. The van der Waals surface area contributed by atoms with Gasteiger partial charge in [0.05, 0.1) is 7.11 Å². The third kappa shape index (κ3) is 6.95. The Morgan fingerprint density at radius 1 is 1.00 bits per heavy atom. The molecule has 2 N–H and O–H groups in total. The number of ether oxygens (including phenoxy) is 2. The average molecular weight is 442 g/mol. The highest BCUT2D eigenvalue weighted by Gasteiger charge is 2.20. The lowest BCUT2D eigenvalue weighted by atomic mass is 10.1. The van der Waals surface area contributed by atoms with Gasteiger partial charge in [0.25, 0.3) is 0 Å². The summed E-state index contributed by atoms with van der Waals surface area (Å²) in [5, 5.41) is 13.4. The highest BCUT2D eigenvalue weighted by molar-refractivity contribution is 5.92. The molecule has 1 amide bonds. The van der Waals surface area contributed by atoms with Gasteiger partial charge in [0.1, 0.15) is 12.7 Å². The van der Waals surface area contributed by atoms with Gasteiger partial charge in [-0.25, -0.2) is 0 Å². The average Bonchev–Trinajstić information content (AvgIpc) is 2.80. The number of carbonyl (C=O) groups excluding carboxylic acids is 1. The molecule has 0 aliphatic carbocycles. The zero-order valence-corrected chi connectivity index (χ0v) is 19.3. The highest BCUT2D eigenvalue weighted by Crippen LogP contribution is 2.25. The van der Waals surface area contributed by atoms with Crippen molar-refractivity contribution in [2.24, 2.45) is 0 Å². The number of aliphatic hydroxyl groups excluding tert-OH is 1. The maximum absolute atomic E-state index is 12.4. The van der Waals surface area contributed by atoms with Gasteiger partial charge in [-0.2, -0.15) is 0 Å². The molecule has 2 aromatic carbocycles. The Morgan fingerprint density at radius 2 is 1.62 bits per heavy atom. The second kappa shape index (κ2) is 11.9. The first-order valence-electron chi connectivity index (χ1n) is 11.2. The zero-order chi connectivity index (χ0) is 22.9. The van der Waals surface area contributed by atoms with Gasteiger partial charge in [0.15, 0.2) is 11.5 Å². The SMILES string of the molecule is COc1ccccc1OCC(O)CN1CCN(CCC(=O)Nc2c(C)cccc2C)CC1. The van der Waals surface area contributed by atoms with Crippen LogP contribution in [0.2, 0.25) is 0 Å². The van der Waals surface area contributed by atoms with Crippen LogP contribution in [0, 0.1) is 13.8 Å². The van der Waals surface area contributed by atoms with E-state index in [0.717, 1.165) is 49.5 Å². The monoisotopic (exact) mass is 441 g/mol. The molecule has 0 spiro atoms. The van der Waals surface area contributed by atoms with Crippen LogP contribution in [0.4, 0.5) is 5.69 Å². The molecule has 1 saturated heterocycles. The Labute approximate surface area is 190 Å². The minimum Gasteiger partial charge on any atom is -0.493 e. The van der Waals surface area contributed by atoms with E-state index < -0.39 is 6.10 Å². The molecule has 1 heterocycles. The summed E-state index contributed by atoms with van der Waals surface area (Å²) in [7, 11) is 1.60. The Balaban J connectivity index is 1.34. The molecule has 0 aromatic heterocycles. The number of hydrogen-bond donors (Lipinski definition) is 2. The topological polar surface area (TPSA) is 74.3 Å². The Hall–Kier alpha value is -2.61. The van der Waals surface area contributed by atoms with Crippen molar-refractivity contribution in [2.45, 2.75) is 26.4 Å². The predicted molar refractivity (Wildman–Crippen MR) is 127 cm³/mol. The summed E-state index contributed by atoms with van der Waals surface area (Å²) >= 11 is 0. The van der Waals surface area contributed by atoms with E-state index in [0.29, 0.717) is 24.5 Å². The normalized spacial score (nSPS) is 15.9. The summed E-state index contributed by atoms with van der Waals surface area (Å²) in [5.41, 5.74) is 3.09. The van der Waals surface area contributed by atoms with Crippen molar-refractivity contribution in [1.82, 2.24) is 9.80 Å². The molecular formula is C25H35N3O4. The largest absolute Gasteiger partial charge is 0.493 e. The number of rotatable bonds is 10. The number of methoxy groups -OCH3 is 1. The van der Waals surface area contributed by atoms with E-state index in [1.165, 1.54) is 0 Å². The summed E-state index contributed by atoms with van der Waals surface area (Å²) in [4.78, 5) is 16.9. The summed E-state index contributed by atoms with van der Waals surface area (Å²) in [6, 6.07) is 13.5. The van der Waals surface area contributed by atoms with E-state index in [1.807, 2.05) is 56.3 Å². The fourth-order valence-electron chi connectivity index (χ4n) is 3.94. The number of para-hydroxylation sites is 3. The van der Waals surface area contributed by atoms with Crippen molar-refractivity contribution in [3.05, 3.63) is 53.6 Å². The first-order valence-corrected chi connectivity index (χ1v) is 11.2. The lowest BCUT2D eigenvalue weighted by Crippen LogP contribution is -2.49. The Morgan fingerprint density at radius 3 is 2.28 bits per heavy atom. The van der Waals surface area contributed by atoms with Crippen LogP contribution in [-0.4, -0.2) is 79.9 Å². The molecule has 1 aliphatic heterocycles. The van der Waals surface area contributed by atoms with Crippen LogP contribution in [0.5, 0.6) is 11.5 Å². The summed E-state index contributed by atoms with van der Waals surface area (Å²) < 4.78 is 11.0. The number of nitrogens with one attached hydrogen (secondary N) is 1. The number of piperazine rings is 1. The number of amides is 1. The quantitative estimate of drug-likeness (QED) is 0.591. The van der Waals surface area contributed by atoms with Crippen LogP contribution in [0.25, 0.3) is 0 Å². The van der Waals surface area contributed by atoms with Gasteiger partial charge in [0, 0.05) is 51.4 Å². The number of hydrogen-bond acceptors (Lipinski definition) is 6. The van der Waals surface area contributed by atoms with Crippen molar-refractivity contribution in [1.29, 1.82) is 0 Å². The fraction of sp³-hybridized carbons (Fsp3) is 0.480. The number of anilines is 1. The minimum atomic E-state index is -0.574. The van der Waals surface area contributed by atoms with Crippen LogP contribution < -0.4 is 14.8 Å². The highest BCUT2D eigenvalue weighted by atomic mass is 16.5. The van der Waals surface area contributed by atoms with E-state index in [4.69, 9.17) is 9.47 Å². The van der Waals surface area contributed by atoms with E-state index >= 15 is 0 Å². The second-order valence-electron chi connectivity index (χ2n) is 8.32. The van der Waals surface area contributed by atoms with Gasteiger partial charge in [-0.1, -0.05) is 30.3 Å². The first-order chi connectivity index (χ1) is 15.5. The van der Waals surface area contributed by atoms with Crippen molar-refractivity contribution in [3.8, 4) is 11.5 Å². The first kappa shape index (κ1) is 24.0. The number of aliphatic hydroxyl groups is 1. The number of β-amino-alcohol motifs (C(OH)–C–C–N with tert-alkyl or cyclic N) is 1. The van der Waals surface area contributed by atoms with Gasteiger partial charge in [0.2, 0.25) is 5.91 Å². The van der Waals surface area contributed by atoms with Crippen molar-refractivity contribution >= 4 is 11.6 Å². The third-order valence-electron chi connectivity index (χ3n) is 5.83. The van der Waals surface area contributed by atoms with Crippen LogP contribution in [0.1, 0.15) is 17.5 Å². The summed E-state index contributed by atoms with van der Waals surface area (Å²) in [6.45, 7) is 9.05. The van der Waals surface area contributed by atoms with Crippen molar-refractivity contribution in [2.75, 3.05) is 58.3 Å². The fourth-order valence-corrected chi connectivity index (χ4v) is 3.94.